The Kier molecular flexibility index (Phi) is 5.75. The molecule has 8 heteroatoms. The fraction of sp³-hybridized carbons (Fsp3) is 0.667. The number of hydrogen-bond donors (Lipinski definition) is 0. The number of carbonyl (C=O) groups excluding carboxylic acids is 3. The van der Waals surface area contributed by atoms with Crippen molar-refractivity contribution in [2.24, 2.45) is 17.8 Å². The van der Waals surface area contributed by atoms with E-state index in [4.69, 9.17) is 4.74 Å². The molecule has 0 radical (unpaired) electrons. The van der Waals surface area contributed by atoms with Gasteiger partial charge in [0.05, 0.1) is 17.4 Å². The van der Waals surface area contributed by atoms with Gasteiger partial charge in [0.2, 0.25) is 11.8 Å². The Morgan fingerprint density at radius 3 is 2.59 bits per heavy atom. The van der Waals surface area contributed by atoms with E-state index in [2.05, 4.69) is 14.8 Å². The molecule has 5 fully saturated rings. The van der Waals surface area contributed by atoms with E-state index in [0.717, 1.165) is 45.0 Å². The summed E-state index contributed by atoms with van der Waals surface area (Å²) in [6.45, 7) is 7.33. The SMILES string of the molecule is CCO[C@]12CC[C@H](C(=O)C1)[C@H]1C(=O)N(CCCN3CCN(c4ccccn4)CC3)C(=O)[C@H]12. The number of nitrogens with zero attached hydrogens (tertiary/aromatic N) is 4. The quantitative estimate of drug-likeness (QED) is 0.592. The van der Waals surface area contributed by atoms with Crippen LogP contribution in [0.4, 0.5) is 5.82 Å². The highest BCUT2D eigenvalue weighted by Gasteiger charge is 2.67. The summed E-state index contributed by atoms with van der Waals surface area (Å²) in [5.41, 5.74) is -0.769. The summed E-state index contributed by atoms with van der Waals surface area (Å²) < 4.78 is 6.02. The van der Waals surface area contributed by atoms with Crippen molar-refractivity contribution in [3.8, 4) is 0 Å². The summed E-state index contributed by atoms with van der Waals surface area (Å²) in [6.07, 6.45) is 4.21. The number of anilines is 1. The summed E-state index contributed by atoms with van der Waals surface area (Å²) in [4.78, 5) is 49.6. The number of hydrogen-bond acceptors (Lipinski definition) is 7. The van der Waals surface area contributed by atoms with Crippen LogP contribution < -0.4 is 4.90 Å². The normalized spacial score (nSPS) is 32.7. The Balaban J connectivity index is 1.17. The Hall–Kier alpha value is -2.32. The number of carbonyl (C=O) groups is 3. The number of Topliss-reactive ketones (excluding diaryl/α,β-unsaturated/α-hetero) is 1. The number of ketones is 1. The molecule has 0 aromatic carbocycles. The van der Waals surface area contributed by atoms with Crippen LogP contribution in [0.1, 0.15) is 32.6 Å². The standard InChI is InChI=1S/C24H32N4O4/c1-2-32-24-8-7-17(18(29)16-24)20-21(24)23(31)28(22(20)30)11-5-10-26-12-14-27(15-13-26)19-6-3-4-9-25-19/h3-4,6,9,17,20-21H,2,5,7-8,10-16H2,1H3/t17-,20-,21+,24-/m1/s1. The fourth-order valence-electron chi connectivity index (χ4n) is 6.34. The molecule has 8 nitrogen and oxygen atoms in total. The van der Waals surface area contributed by atoms with E-state index in [9.17, 15) is 14.4 Å². The van der Waals surface area contributed by atoms with Gasteiger partial charge < -0.3 is 9.64 Å². The van der Waals surface area contributed by atoms with Gasteiger partial charge in [-0.1, -0.05) is 6.07 Å². The Morgan fingerprint density at radius 1 is 1.09 bits per heavy atom. The summed E-state index contributed by atoms with van der Waals surface area (Å²) in [5, 5.41) is 0. The molecule has 2 bridgehead atoms. The number of imide groups is 1. The zero-order valence-corrected chi connectivity index (χ0v) is 18.7. The smallest absolute Gasteiger partial charge is 0.236 e. The fourth-order valence-corrected chi connectivity index (χ4v) is 6.34. The van der Waals surface area contributed by atoms with Gasteiger partial charge in [0.15, 0.2) is 0 Å². The number of ether oxygens (including phenoxy) is 1. The van der Waals surface area contributed by atoms with Gasteiger partial charge in [0, 0.05) is 57.9 Å². The monoisotopic (exact) mass is 440 g/mol. The summed E-state index contributed by atoms with van der Waals surface area (Å²) in [5.74, 6) is -0.453. The third-order valence-electron chi connectivity index (χ3n) is 7.84. The summed E-state index contributed by atoms with van der Waals surface area (Å²) in [6, 6.07) is 5.97. The molecular weight excluding hydrogens is 408 g/mol. The van der Waals surface area contributed by atoms with Crippen LogP contribution in [-0.4, -0.2) is 83.9 Å². The average molecular weight is 441 g/mol. The summed E-state index contributed by atoms with van der Waals surface area (Å²) >= 11 is 0. The van der Waals surface area contributed by atoms with Crippen molar-refractivity contribution in [1.29, 1.82) is 0 Å². The van der Waals surface area contributed by atoms with Crippen LogP contribution in [0, 0.1) is 17.8 Å². The molecule has 3 saturated carbocycles. The van der Waals surface area contributed by atoms with Crippen LogP contribution in [0.2, 0.25) is 0 Å². The van der Waals surface area contributed by atoms with Crippen molar-refractivity contribution in [2.75, 3.05) is 50.8 Å². The second-order valence-corrected chi connectivity index (χ2v) is 9.49. The molecule has 172 valence electrons. The molecule has 1 aromatic heterocycles. The molecule has 1 aromatic rings. The van der Waals surface area contributed by atoms with Crippen molar-refractivity contribution in [3.63, 3.8) is 0 Å². The largest absolute Gasteiger partial charge is 0.374 e. The van der Waals surface area contributed by atoms with Crippen LogP contribution in [0.15, 0.2) is 24.4 Å². The lowest BCUT2D eigenvalue weighted by molar-refractivity contribution is -0.180. The van der Waals surface area contributed by atoms with Gasteiger partial charge >= 0.3 is 0 Å². The van der Waals surface area contributed by atoms with E-state index >= 15 is 0 Å². The molecule has 6 rings (SSSR count). The maximum atomic E-state index is 13.3. The first-order chi connectivity index (χ1) is 15.5. The van der Waals surface area contributed by atoms with Gasteiger partial charge in [-0.3, -0.25) is 24.2 Å². The molecule has 0 unspecified atom stereocenters. The number of rotatable bonds is 7. The van der Waals surface area contributed by atoms with Crippen molar-refractivity contribution >= 4 is 23.4 Å². The number of likely N-dealkylation sites (tertiary alicyclic amines) is 1. The van der Waals surface area contributed by atoms with Crippen molar-refractivity contribution < 1.29 is 19.1 Å². The second kappa shape index (κ2) is 8.56. The molecule has 0 spiro atoms. The lowest BCUT2D eigenvalue weighted by Crippen LogP contribution is -2.59. The maximum absolute atomic E-state index is 13.3. The van der Waals surface area contributed by atoms with Gasteiger partial charge in [-0.15, -0.1) is 0 Å². The van der Waals surface area contributed by atoms with Crippen LogP contribution >= 0.6 is 0 Å². The molecule has 3 aliphatic carbocycles. The van der Waals surface area contributed by atoms with Gasteiger partial charge in [0.25, 0.3) is 0 Å². The molecule has 5 aliphatic rings. The highest BCUT2D eigenvalue weighted by Crippen LogP contribution is 2.55. The van der Waals surface area contributed by atoms with Crippen LogP contribution in [0.5, 0.6) is 0 Å². The lowest BCUT2D eigenvalue weighted by atomic mass is 9.56. The lowest BCUT2D eigenvalue weighted by Gasteiger charge is -2.50. The third kappa shape index (κ3) is 3.53. The van der Waals surface area contributed by atoms with Crippen molar-refractivity contribution in [3.05, 3.63) is 24.4 Å². The number of aromatic nitrogens is 1. The molecule has 32 heavy (non-hydrogen) atoms. The Morgan fingerprint density at radius 2 is 1.91 bits per heavy atom. The highest BCUT2D eigenvalue weighted by atomic mass is 16.5. The third-order valence-corrected chi connectivity index (χ3v) is 7.84. The maximum Gasteiger partial charge on any atom is 0.236 e. The number of amides is 2. The van der Waals surface area contributed by atoms with E-state index < -0.39 is 17.4 Å². The zero-order chi connectivity index (χ0) is 22.3. The number of fused-ring (bicyclic) bond motifs is 2. The average Bonchev–Trinajstić information content (AvgIpc) is 3.07. The first-order valence-electron chi connectivity index (χ1n) is 11.9. The summed E-state index contributed by atoms with van der Waals surface area (Å²) in [7, 11) is 0. The Bertz CT molecular complexity index is 881. The second-order valence-electron chi connectivity index (χ2n) is 9.49. The minimum Gasteiger partial charge on any atom is -0.374 e. The molecule has 4 atom stereocenters. The van der Waals surface area contributed by atoms with Crippen molar-refractivity contribution in [1.82, 2.24) is 14.8 Å². The van der Waals surface area contributed by atoms with E-state index in [1.165, 1.54) is 4.90 Å². The molecular formula is C24H32N4O4. The first kappa shape index (κ1) is 21.5. The van der Waals surface area contributed by atoms with Gasteiger partial charge in [-0.2, -0.15) is 0 Å². The van der Waals surface area contributed by atoms with E-state index in [-0.39, 0.29) is 29.9 Å². The van der Waals surface area contributed by atoms with Crippen LogP contribution in [0.3, 0.4) is 0 Å². The predicted molar refractivity (Wildman–Crippen MR) is 118 cm³/mol. The molecule has 0 N–H and O–H groups in total. The minimum atomic E-state index is -0.769. The van der Waals surface area contributed by atoms with Crippen LogP contribution in [-0.2, 0) is 19.1 Å². The van der Waals surface area contributed by atoms with E-state index in [1.54, 1.807) is 0 Å². The first-order valence-corrected chi connectivity index (χ1v) is 11.9. The van der Waals surface area contributed by atoms with Crippen LogP contribution in [0.25, 0.3) is 0 Å². The van der Waals surface area contributed by atoms with Gasteiger partial charge in [-0.25, -0.2) is 4.98 Å². The number of piperazine rings is 1. The topological polar surface area (TPSA) is 83.1 Å². The Labute approximate surface area is 188 Å². The molecule has 2 aliphatic heterocycles. The van der Waals surface area contributed by atoms with E-state index in [1.807, 2.05) is 31.3 Å². The molecule has 2 saturated heterocycles. The zero-order valence-electron chi connectivity index (χ0n) is 18.7. The molecule has 2 amide bonds. The minimum absolute atomic E-state index is 0.0970. The van der Waals surface area contributed by atoms with E-state index in [0.29, 0.717) is 26.0 Å². The van der Waals surface area contributed by atoms with Gasteiger partial charge in [0.1, 0.15) is 11.6 Å². The number of pyridine rings is 1. The van der Waals surface area contributed by atoms with Gasteiger partial charge in [-0.05, 0) is 44.9 Å². The molecule has 3 heterocycles. The van der Waals surface area contributed by atoms with Crippen molar-refractivity contribution in [2.45, 2.75) is 38.2 Å². The highest BCUT2D eigenvalue weighted by molar-refractivity contribution is 6.09. The predicted octanol–water partition coefficient (Wildman–Crippen LogP) is 1.35.